The number of rotatable bonds is 7. The van der Waals surface area contributed by atoms with Gasteiger partial charge in [-0.15, -0.1) is 0 Å². The van der Waals surface area contributed by atoms with Gasteiger partial charge in [-0.1, -0.05) is 6.07 Å². The van der Waals surface area contributed by atoms with Gasteiger partial charge in [0.15, 0.2) is 11.0 Å². The molecule has 0 aliphatic carbocycles. The molecule has 4 rings (SSSR count). The molecule has 7 nitrogen and oxygen atoms in total. The van der Waals surface area contributed by atoms with Crippen LogP contribution in [0.2, 0.25) is 0 Å². The SMILES string of the molecule is COc1ccc(CN(c2ncns2)S(=O)c2ccc3c(Br)cn(C)c3c2)c(OC)c1. The maximum atomic E-state index is 13.6. The lowest BCUT2D eigenvalue weighted by molar-refractivity contribution is 0.391. The normalized spacial score (nSPS) is 12.1. The van der Waals surface area contributed by atoms with Gasteiger partial charge in [0, 0.05) is 46.3 Å². The maximum Gasteiger partial charge on any atom is 0.217 e. The summed E-state index contributed by atoms with van der Waals surface area (Å²) in [4.78, 5) is 4.97. The Morgan fingerprint density at radius 2 is 2.03 bits per heavy atom. The first-order valence-corrected chi connectivity index (χ1v) is 11.6. The van der Waals surface area contributed by atoms with E-state index in [4.69, 9.17) is 9.47 Å². The molecular formula is C20H19BrN4O3S2. The Balaban J connectivity index is 1.73. The lowest BCUT2D eigenvalue weighted by Gasteiger charge is -2.21. The van der Waals surface area contributed by atoms with Gasteiger partial charge in [0.2, 0.25) is 5.13 Å². The summed E-state index contributed by atoms with van der Waals surface area (Å²) < 4.78 is 33.2. The highest BCUT2D eigenvalue weighted by atomic mass is 79.9. The Morgan fingerprint density at radius 1 is 1.20 bits per heavy atom. The zero-order valence-corrected chi connectivity index (χ0v) is 19.8. The van der Waals surface area contributed by atoms with Crippen molar-refractivity contribution in [3.05, 3.63) is 59.0 Å². The molecule has 2 aromatic heterocycles. The summed E-state index contributed by atoms with van der Waals surface area (Å²) in [5.74, 6) is 1.35. The molecule has 0 aliphatic rings. The highest BCUT2D eigenvalue weighted by Gasteiger charge is 2.22. The van der Waals surface area contributed by atoms with Crippen molar-refractivity contribution < 1.29 is 13.7 Å². The lowest BCUT2D eigenvalue weighted by Crippen LogP contribution is -2.25. The third-order valence-electron chi connectivity index (χ3n) is 4.69. The van der Waals surface area contributed by atoms with Crippen LogP contribution in [0, 0.1) is 0 Å². The van der Waals surface area contributed by atoms with Crippen LogP contribution in [0.3, 0.4) is 0 Å². The number of halogens is 1. The quantitative estimate of drug-likeness (QED) is 0.368. The minimum absolute atomic E-state index is 0.337. The van der Waals surface area contributed by atoms with Crippen molar-refractivity contribution in [3.63, 3.8) is 0 Å². The number of aryl methyl sites for hydroxylation is 1. The smallest absolute Gasteiger partial charge is 0.217 e. The standard InChI is InChI=1S/C20H19BrN4O3S2/c1-24-11-17(21)16-7-6-15(9-18(16)24)30(26)25(20-22-12-23-29-20)10-13-4-5-14(27-2)8-19(13)28-3/h4-9,11-12H,10H2,1-3H3. The average molecular weight is 507 g/mol. The van der Waals surface area contributed by atoms with Crippen molar-refractivity contribution in [2.75, 3.05) is 18.5 Å². The number of nitrogens with zero attached hydrogens (tertiary/aromatic N) is 4. The van der Waals surface area contributed by atoms with Crippen molar-refractivity contribution >= 4 is 54.5 Å². The molecular weight excluding hydrogens is 488 g/mol. The van der Waals surface area contributed by atoms with Crippen LogP contribution in [0.1, 0.15) is 5.56 Å². The van der Waals surface area contributed by atoms with Crippen LogP contribution in [0.15, 0.2) is 58.3 Å². The van der Waals surface area contributed by atoms with Crippen LogP contribution in [0.4, 0.5) is 5.13 Å². The van der Waals surface area contributed by atoms with E-state index < -0.39 is 11.0 Å². The average Bonchev–Trinajstić information content (AvgIpc) is 3.39. The summed E-state index contributed by atoms with van der Waals surface area (Å²) in [5, 5.41) is 1.64. The molecule has 30 heavy (non-hydrogen) atoms. The first-order chi connectivity index (χ1) is 14.5. The molecule has 1 atom stereocenters. The van der Waals surface area contributed by atoms with E-state index in [1.165, 1.54) is 17.9 Å². The van der Waals surface area contributed by atoms with E-state index in [2.05, 4.69) is 25.3 Å². The van der Waals surface area contributed by atoms with E-state index in [0.717, 1.165) is 20.9 Å². The monoisotopic (exact) mass is 506 g/mol. The number of hydrogen-bond acceptors (Lipinski definition) is 6. The Morgan fingerprint density at radius 3 is 2.73 bits per heavy atom. The lowest BCUT2D eigenvalue weighted by atomic mass is 10.2. The number of ether oxygens (including phenoxy) is 2. The van der Waals surface area contributed by atoms with Crippen molar-refractivity contribution in [1.29, 1.82) is 0 Å². The van der Waals surface area contributed by atoms with E-state index in [-0.39, 0.29) is 0 Å². The van der Waals surface area contributed by atoms with Gasteiger partial charge in [-0.05, 0) is 40.2 Å². The topological polar surface area (TPSA) is 69.5 Å². The molecule has 0 aliphatic heterocycles. The van der Waals surface area contributed by atoms with E-state index >= 15 is 0 Å². The fourth-order valence-electron chi connectivity index (χ4n) is 3.16. The number of aromatic nitrogens is 3. The largest absolute Gasteiger partial charge is 0.497 e. The van der Waals surface area contributed by atoms with Crippen molar-refractivity contribution in [3.8, 4) is 11.5 Å². The van der Waals surface area contributed by atoms with Crippen molar-refractivity contribution in [2.45, 2.75) is 11.4 Å². The van der Waals surface area contributed by atoms with Crippen LogP contribution >= 0.6 is 27.5 Å². The fraction of sp³-hybridized carbons (Fsp3) is 0.200. The van der Waals surface area contributed by atoms with E-state index in [0.29, 0.717) is 28.1 Å². The molecule has 0 N–H and O–H groups in total. The molecule has 0 spiro atoms. The van der Waals surface area contributed by atoms with E-state index in [1.807, 2.05) is 54.2 Å². The number of benzene rings is 2. The van der Waals surface area contributed by atoms with Crippen molar-refractivity contribution in [1.82, 2.24) is 13.9 Å². The van der Waals surface area contributed by atoms with E-state index in [9.17, 15) is 4.21 Å². The summed E-state index contributed by atoms with van der Waals surface area (Å²) in [5.41, 5.74) is 1.86. The molecule has 2 aromatic carbocycles. The molecule has 0 radical (unpaired) electrons. The molecule has 10 heteroatoms. The highest BCUT2D eigenvalue weighted by Crippen LogP contribution is 2.32. The van der Waals surface area contributed by atoms with Gasteiger partial charge in [-0.3, -0.25) is 4.31 Å². The van der Waals surface area contributed by atoms with Gasteiger partial charge in [0.05, 0.1) is 31.2 Å². The summed E-state index contributed by atoms with van der Waals surface area (Å²) in [6.45, 7) is 0.337. The molecule has 1 unspecified atom stereocenters. The van der Waals surface area contributed by atoms with Crippen LogP contribution in [0.5, 0.6) is 11.5 Å². The minimum Gasteiger partial charge on any atom is -0.497 e. The number of anilines is 1. The Bertz CT molecular complexity index is 1210. The zero-order chi connectivity index (χ0) is 21.3. The summed E-state index contributed by atoms with van der Waals surface area (Å²) in [6, 6.07) is 11.4. The Kier molecular flexibility index (Phi) is 6.07. The molecule has 0 fully saturated rings. The Labute approximate surface area is 189 Å². The third-order valence-corrected chi connectivity index (χ3v) is 7.48. The second-order valence-electron chi connectivity index (χ2n) is 6.45. The predicted octanol–water partition coefficient (Wildman–Crippen LogP) is 4.54. The molecule has 0 saturated carbocycles. The second-order valence-corrected chi connectivity index (χ2v) is 9.48. The first kappa shape index (κ1) is 20.8. The van der Waals surface area contributed by atoms with Gasteiger partial charge in [-0.2, -0.15) is 4.37 Å². The number of hydrogen-bond donors (Lipinski definition) is 0. The highest BCUT2D eigenvalue weighted by molar-refractivity contribution is 9.10. The summed E-state index contributed by atoms with van der Waals surface area (Å²) >= 11 is 4.76. The van der Waals surface area contributed by atoms with Crippen LogP contribution in [-0.4, -0.2) is 32.4 Å². The van der Waals surface area contributed by atoms with Crippen LogP contribution in [-0.2, 0) is 24.6 Å². The van der Waals surface area contributed by atoms with Gasteiger partial charge < -0.3 is 14.0 Å². The number of fused-ring (bicyclic) bond motifs is 1. The minimum atomic E-state index is -1.50. The van der Waals surface area contributed by atoms with Gasteiger partial charge in [0.25, 0.3) is 0 Å². The zero-order valence-electron chi connectivity index (χ0n) is 16.5. The van der Waals surface area contributed by atoms with Crippen LogP contribution < -0.4 is 13.8 Å². The summed E-state index contributed by atoms with van der Waals surface area (Å²) in [6.07, 6.45) is 3.45. The van der Waals surface area contributed by atoms with Crippen LogP contribution in [0.25, 0.3) is 10.9 Å². The van der Waals surface area contributed by atoms with Gasteiger partial charge in [0.1, 0.15) is 17.8 Å². The molecule has 156 valence electrons. The van der Waals surface area contributed by atoms with E-state index in [1.54, 1.807) is 18.5 Å². The summed E-state index contributed by atoms with van der Waals surface area (Å²) in [7, 11) is 3.67. The second kappa shape index (κ2) is 8.75. The van der Waals surface area contributed by atoms with Gasteiger partial charge in [-0.25, -0.2) is 9.19 Å². The molecule has 4 aromatic rings. The molecule has 2 heterocycles. The Hall–Kier alpha value is -2.43. The third kappa shape index (κ3) is 3.94. The van der Waals surface area contributed by atoms with Crippen molar-refractivity contribution in [2.24, 2.45) is 7.05 Å². The number of methoxy groups -OCH3 is 2. The molecule has 0 saturated heterocycles. The maximum absolute atomic E-state index is 13.6. The van der Waals surface area contributed by atoms with Gasteiger partial charge >= 0.3 is 0 Å². The molecule has 0 bridgehead atoms. The first-order valence-electron chi connectivity index (χ1n) is 8.93. The molecule has 0 amide bonds. The predicted molar refractivity (Wildman–Crippen MR) is 123 cm³/mol. The fourth-order valence-corrected chi connectivity index (χ4v) is 5.64.